The molecule has 0 bridgehead atoms. The van der Waals surface area contributed by atoms with Gasteiger partial charge in [-0.2, -0.15) is 0 Å². The SMILES string of the molecule is CC(C)CCNCC(=O)OCc1cc(Cl)nc(Cl)c1.Cl. The molecule has 1 aromatic heterocycles. The van der Waals surface area contributed by atoms with Crippen LogP contribution in [0.1, 0.15) is 25.8 Å². The van der Waals surface area contributed by atoms with Gasteiger partial charge in [-0.3, -0.25) is 4.79 Å². The molecule has 7 heteroatoms. The summed E-state index contributed by atoms with van der Waals surface area (Å²) in [5, 5.41) is 3.61. The molecule has 114 valence electrons. The minimum atomic E-state index is -0.298. The summed E-state index contributed by atoms with van der Waals surface area (Å²) in [5.74, 6) is 0.317. The normalized spacial score (nSPS) is 10.2. The van der Waals surface area contributed by atoms with Crippen LogP contribution in [-0.4, -0.2) is 24.0 Å². The van der Waals surface area contributed by atoms with Crippen LogP contribution in [0.25, 0.3) is 0 Å². The molecule has 0 atom stereocenters. The minimum absolute atomic E-state index is 0. The molecule has 1 heterocycles. The number of esters is 1. The number of carbonyl (C=O) groups excluding carboxylic acids is 1. The molecule has 0 saturated heterocycles. The molecule has 0 aromatic carbocycles. The van der Waals surface area contributed by atoms with Gasteiger partial charge >= 0.3 is 5.97 Å². The van der Waals surface area contributed by atoms with Crippen LogP contribution in [0, 0.1) is 5.92 Å². The van der Waals surface area contributed by atoms with Crippen molar-refractivity contribution in [3.63, 3.8) is 0 Å². The number of nitrogens with zero attached hydrogens (tertiary/aromatic N) is 1. The van der Waals surface area contributed by atoms with Crippen LogP contribution in [0.15, 0.2) is 12.1 Å². The second-order valence-electron chi connectivity index (χ2n) is 4.64. The Morgan fingerprint density at radius 1 is 1.35 bits per heavy atom. The number of nitrogens with one attached hydrogen (secondary N) is 1. The largest absolute Gasteiger partial charge is 0.460 e. The fourth-order valence-electron chi connectivity index (χ4n) is 1.39. The van der Waals surface area contributed by atoms with Crippen molar-refractivity contribution in [1.29, 1.82) is 0 Å². The molecule has 20 heavy (non-hydrogen) atoms. The zero-order chi connectivity index (χ0) is 14.3. The fraction of sp³-hybridized carbons (Fsp3) is 0.538. The summed E-state index contributed by atoms with van der Waals surface area (Å²) < 4.78 is 5.10. The molecule has 0 aliphatic heterocycles. The van der Waals surface area contributed by atoms with Crippen molar-refractivity contribution < 1.29 is 9.53 Å². The van der Waals surface area contributed by atoms with Gasteiger partial charge in [0.2, 0.25) is 0 Å². The average molecular weight is 342 g/mol. The van der Waals surface area contributed by atoms with Crippen LogP contribution in [0.3, 0.4) is 0 Å². The number of rotatable bonds is 7. The minimum Gasteiger partial charge on any atom is -0.460 e. The van der Waals surface area contributed by atoms with Gasteiger partial charge in [-0.15, -0.1) is 12.4 Å². The highest BCUT2D eigenvalue weighted by Crippen LogP contribution is 2.15. The molecule has 0 aliphatic carbocycles. The predicted octanol–water partition coefficient (Wildman–Crippen LogP) is 3.49. The van der Waals surface area contributed by atoms with Gasteiger partial charge < -0.3 is 10.1 Å². The summed E-state index contributed by atoms with van der Waals surface area (Å²) in [5.41, 5.74) is 0.723. The molecule has 0 radical (unpaired) electrons. The van der Waals surface area contributed by atoms with Crippen LogP contribution in [0.2, 0.25) is 10.3 Å². The van der Waals surface area contributed by atoms with E-state index in [-0.39, 0.29) is 41.8 Å². The van der Waals surface area contributed by atoms with Crippen molar-refractivity contribution in [3.8, 4) is 0 Å². The first kappa shape index (κ1) is 19.4. The Hall–Kier alpha value is -0.550. The van der Waals surface area contributed by atoms with Gasteiger partial charge in [-0.05, 0) is 36.6 Å². The van der Waals surface area contributed by atoms with E-state index in [0.29, 0.717) is 5.92 Å². The van der Waals surface area contributed by atoms with Crippen LogP contribution in [0.5, 0.6) is 0 Å². The van der Waals surface area contributed by atoms with E-state index in [9.17, 15) is 4.79 Å². The molecule has 0 saturated carbocycles. The van der Waals surface area contributed by atoms with E-state index in [1.807, 2.05) is 0 Å². The fourth-order valence-corrected chi connectivity index (χ4v) is 1.90. The summed E-state index contributed by atoms with van der Waals surface area (Å²) in [6.45, 7) is 5.43. The van der Waals surface area contributed by atoms with Gasteiger partial charge in [-0.1, -0.05) is 37.0 Å². The summed E-state index contributed by atoms with van der Waals surface area (Å²) in [4.78, 5) is 15.3. The van der Waals surface area contributed by atoms with E-state index < -0.39 is 0 Å². The third-order valence-corrected chi connectivity index (χ3v) is 2.78. The third kappa shape index (κ3) is 8.59. The maximum absolute atomic E-state index is 11.5. The predicted molar refractivity (Wildman–Crippen MR) is 83.6 cm³/mol. The van der Waals surface area contributed by atoms with Gasteiger partial charge in [0.05, 0.1) is 6.54 Å². The van der Waals surface area contributed by atoms with Crippen molar-refractivity contribution in [1.82, 2.24) is 10.3 Å². The summed E-state index contributed by atoms with van der Waals surface area (Å²) in [7, 11) is 0. The lowest BCUT2D eigenvalue weighted by atomic mass is 10.1. The topological polar surface area (TPSA) is 51.2 Å². The van der Waals surface area contributed by atoms with Crippen molar-refractivity contribution >= 4 is 41.6 Å². The number of pyridine rings is 1. The highest BCUT2D eigenvalue weighted by molar-refractivity contribution is 6.32. The quantitative estimate of drug-likeness (QED) is 0.468. The van der Waals surface area contributed by atoms with Crippen LogP contribution >= 0.6 is 35.6 Å². The maximum atomic E-state index is 11.5. The smallest absolute Gasteiger partial charge is 0.320 e. The summed E-state index contributed by atoms with van der Waals surface area (Å²) in [6.07, 6.45) is 1.03. The highest BCUT2D eigenvalue weighted by Gasteiger charge is 2.05. The molecular weight excluding hydrogens is 323 g/mol. The Labute approximate surface area is 135 Å². The highest BCUT2D eigenvalue weighted by atomic mass is 35.5. The number of hydrogen-bond donors (Lipinski definition) is 1. The van der Waals surface area contributed by atoms with Crippen molar-refractivity contribution in [3.05, 3.63) is 28.0 Å². The monoisotopic (exact) mass is 340 g/mol. The lowest BCUT2D eigenvalue weighted by Gasteiger charge is -2.08. The van der Waals surface area contributed by atoms with Crippen molar-refractivity contribution in [2.24, 2.45) is 5.92 Å². The third-order valence-electron chi connectivity index (χ3n) is 2.39. The maximum Gasteiger partial charge on any atom is 0.320 e. The van der Waals surface area contributed by atoms with Gasteiger partial charge in [0.1, 0.15) is 16.9 Å². The van der Waals surface area contributed by atoms with Gasteiger partial charge in [-0.25, -0.2) is 4.98 Å². The summed E-state index contributed by atoms with van der Waals surface area (Å²) in [6, 6.07) is 3.24. The lowest BCUT2D eigenvalue weighted by molar-refractivity contribution is -0.143. The molecular formula is C13H19Cl3N2O2. The molecule has 0 aliphatic rings. The average Bonchev–Trinajstić information content (AvgIpc) is 2.31. The Bertz CT molecular complexity index is 408. The number of hydrogen-bond acceptors (Lipinski definition) is 4. The zero-order valence-corrected chi connectivity index (χ0v) is 13.8. The van der Waals surface area contributed by atoms with Crippen LogP contribution in [0.4, 0.5) is 0 Å². The van der Waals surface area contributed by atoms with Gasteiger partial charge in [0, 0.05) is 0 Å². The first-order chi connectivity index (χ1) is 8.97. The molecule has 0 fully saturated rings. The van der Waals surface area contributed by atoms with Gasteiger partial charge in [0.25, 0.3) is 0 Å². The number of aromatic nitrogens is 1. The van der Waals surface area contributed by atoms with Crippen molar-refractivity contribution in [2.75, 3.05) is 13.1 Å². The molecule has 0 unspecified atom stereocenters. The second-order valence-corrected chi connectivity index (χ2v) is 5.42. The molecule has 4 nitrogen and oxygen atoms in total. The summed E-state index contributed by atoms with van der Waals surface area (Å²) >= 11 is 11.5. The number of carbonyl (C=O) groups is 1. The molecule has 1 rings (SSSR count). The molecule has 1 N–H and O–H groups in total. The standard InChI is InChI=1S/C13H18Cl2N2O2.ClH/c1-9(2)3-4-16-7-13(18)19-8-10-5-11(14)17-12(15)6-10;/h5-6,9,16H,3-4,7-8H2,1-2H3;1H. The van der Waals surface area contributed by atoms with E-state index in [1.54, 1.807) is 12.1 Å². The first-order valence-corrected chi connectivity index (χ1v) is 6.91. The Balaban J connectivity index is 0.00000361. The lowest BCUT2D eigenvalue weighted by Crippen LogP contribution is -2.26. The Kier molecular flexibility index (Phi) is 9.94. The molecule has 0 amide bonds. The Morgan fingerprint density at radius 2 is 1.95 bits per heavy atom. The number of ether oxygens (including phenoxy) is 1. The zero-order valence-electron chi connectivity index (χ0n) is 11.5. The molecule has 0 spiro atoms. The van der Waals surface area contributed by atoms with E-state index in [4.69, 9.17) is 27.9 Å². The van der Waals surface area contributed by atoms with Crippen LogP contribution < -0.4 is 5.32 Å². The van der Waals surface area contributed by atoms with Crippen LogP contribution in [-0.2, 0) is 16.1 Å². The second kappa shape index (κ2) is 10.2. The number of halogens is 3. The van der Waals surface area contributed by atoms with E-state index >= 15 is 0 Å². The Morgan fingerprint density at radius 3 is 2.50 bits per heavy atom. The van der Waals surface area contributed by atoms with E-state index in [2.05, 4.69) is 24.1 Å². The van der Waals surface area contributed by atoms with Crippen molar-refractivity contribution in [2.45, 2.75) is 26.9 Å². The van der Waals surface area contributed by atoms with Gasteiger partial charge in [0.15, 0.2) is 0 Å². The van der Waals surface area contributed by atoms with E-state index in [0.717, 1.165) is 18.5 Å². The molecule has 1 aromatic rings. The van der Waals surface area contributed by atoms with E-state index in [1.165, 1.54) is 0 Å². The first-order valence-electron chi connectivity index (χ1n) is 6.15.